The molecule has 0 radical (unpaired) electrons. The Labute approximate surface area is 131 Å². The summed E-state index contributed by atoms with van der Waals surface area (Å²) in [5.74, 6) is 1.70. The number of nitrogens with one attached hydrogen (secondary N) is 1. The molecule has 3 heteroatoms. The number of hydrogen-bond acceptors (Lipinski definition) is 2. The molecule has 1 N–H and O–H groups in total. The Bertz CT molecular complexity index is 276. The third kappa shape index (κ3) is 8.45. The van der Waals surface area contributed by atoms with Crippen LogP contribution in [0, 0.1) is 11.8 Å². The monoisotopic (exact) mass is 297 g/mol. The molecule has 1 aliphatic rings. The van der Waals surface area contributed by atoms with E-state index in [2.05, 4.69) is 26.1 Å². The Kier molecular flexibility index (Phi) is 9.73. The number of rotatable bonds is 12. The second-order valence-corrected chi connectivity index (χ2v) is 6.73. The van der Waals surface area contributed by atoms with Crippen molar-refractivity contribution in [3.8, 4) is 0 Å². The van der Waals surface area contributed by atoms with Crippen LogP contribution in [0.4, 0.5) is 0 Å². The predicted molar refractivity (Wildman–Crippen MR) is 88.3 cm³/mol. The Morgan fingerprint density at radius 1 is 1.29 bits per heavy atom. The summed E-state index contributed by atoms with van der Waals surface area (Å²) < 4.78 is 5.74. The number of hydrogen-bond donors (Lipinski definition) is 1. The molecule has 1 rings (SSSR count). The molecule has 0 aromatic rings. The lowest BCUT2D eigenvalue weighted by Crippen LogP contribution is -2.27. The molecular formula is C18H35NO2. The Balaban J connectivity index is 1.93. The number of ether oxygens (including phenoxy) is 1. The fourth-order valence-electron chi connectivity index (χ4n) is 2.74. The summed E-state index contributed by atoms with van der Waals surface area (Å²) in [5.41, 5.74) is 0. The quantitative estimate of drug-likeness (QED) is 0.545. The zero-order chi connectivity index (χ0) is 15.5. The Morgan fingerprint density at radius 2 is 2.05 bits per heavy atom. The van der Waals surface area contributed by atoms with Crippen molar-refractivity contribution in [2.45, 2.75) is 84.7 Å². The van der Waals surface area contributed by atoms with E-state index in [1.54, 1.807) is 0 Å². The van der Waals surface area contributed by atoms with Crippen LogP contribution in [-0.4, -0.2) is 25.2 Å². The van der Waals surface area contributed by atoms with Crippen molar-refractivity contribution in [2.24, 2.45) is 11.8 Å². The highest BCUT2D eigenvalue weighted by Crippen LogP contribution is 2.28. The average Bonchev–Trinajstić information content (AvgIpc) is 2.43. The van der Waals surface area contributed by atoms with E-state index in [0.29, 0.717) is 18.4 Å². The van der Waals surface area contributed by atoms with Crippen molar-refractivity contribution < 1.29 is 9.53 Å². The minimum Gasteiger partial charge on any atom is -0.378 e. The van der Waals surface area contributed by atoms with E-state index in [1.807, 2.05) is 0 Å². The van der Waals surface area contributed by atoms with Crippen LogP contribution in [0.5, 0.6) is 0 Å². The SMILES string of the molecule is CCCOC(C)C(C)CCCCC(=O)NCCC1CCC1. The van der Waals surface area contributed by atoms with E-state index in [4.69, 9.17) is 4.74 Å². The lowest BCUT2D eigenvalue weighted by Gasteiger charge is -2.25. The van der Waals surface area contributed by atoms with Gasteiger partial charge in [-0.1, -0.05) is 39.5 Å². The number of amides is 1. The summed E-state index contributed by atoms with van der Waals surface area (Å²) in [5, 5.41) is 3.06. The van der Waals surface area contributed by atoms with Crippen molar-refractivity contribution >= 4 is 5.91 Å². The fraction of sp³-hybridized carbons (Fsp3) is 0.944. The summed E-state index contributed by atoms with van der Waals surface area (Å²) in [6, 6.07) is 0. The summed E-state index contributed by atoms with van der Waals surface area (Å²) in [6.07, 6.45) is 10.7. The highest BCUT2D eigenvalue weighted by atomic mass is 16.5. The third-order valence-corrected chi connectivity index (χ3v) is 4.80. The molecule has 1 aliphatic carbocycles. The van der Waals surface area contributed by atoms with Gasteiger partial charge in [0.15, 0.2) is 0 Å². The molecule has 1 saturated carbocycles. The Hall–Kier alpha value is -0.570. The minimum absolute atomic E-state index is 0.234. The van der Waals surface area contributed by atoms with Gasteiger partial charge in [0, 0.05) is 19.6 Å². The first-order valence-corrected chi connectivity index (χ1v) is 9.01. The first-order valence-electron chi connectivity index (χ1n) is 9.01. The first-order chi connectivity index (χ1) is 10.1. The molecule has 2 atom stereocenters. The van der Waals surface area contributed by atoms with Crippen LogP contribution in [-0.2, 0) is 9.53 Å². The minimum atomic E-state index is 0.234. The molecule has 0 aromatic carbocycles. The topological polar surface area (TPSA) is 38.3 Å². The second-order valence-electron chi connectivity index (χ2n) is 6.73. The van der Waals surface area contributed by atoms with Crippen molar-refractivity contribution in [3.63, 3.8) is 0 Å². The van der Waals surface area contributed by atoms with Gasteiger partial charge in [-0.05, 0) is 44.4 Å². The van der Waals surface area contributed by atoms with Gasteiger partial charge in [-0.3, -0.25) is 4.79 Å². The lowest BCUT2D eigenvalue weighted by molar-refractivity contribution is -0.121. The second kappa shape index (κ2) is 11.1. The van der Waals surface area contributed by atoms with Gasteiger partial charge in [-0.2, -0.15) is 0 Å². The van der Waals surface area contributed by atoms with E-state index in [1.165, 1.54) is 25.7 Å². The van der Waals surface area contributed by atoms with Crippen LogP contribution in [0.25, 0.3) is 0 Å². The van der Waals surface area contributed by atoms with Crippen LogP contribution in [0.2, 0.25) is 0 Å². The van der Waals surface area contributed by atoms with E-state index in [9.17, 15) is 4.79 Å². The molecule has 2 unspecified atom stereocenters. The standard InChI is InChI=1S/C18H35NO2/c1-4-14-21-16(3)15(2)8-5-6-11-18(20)19-13-12-17-9-7-10-17/h15-17H,4-14H2,1-3H3,(H,19,20). The van der Waals surface area contributed by atoms with Crippen LogP contribution >= 0.6 is 0 Å². The molecule has 1 amide bonds. The van der Waals surface area contributed by atoms with Crippen LogP contribution in [0.15, 0.2) is 0 Å². The van der Waals surface area contributed by atoms with E-state index in [0.717, 1.165) is 44.8 Å². The normalized spacial score (nSPS) is 18.0. The highest BCUT2D eigenvalue weighted by molar-refractivity contribution is 5.75. The lowest BCUT2D eigenvalue weighted by atomic mass is 9.83. The molecule has 0 aromatic heterocycles. The molecule has 124 valence electrons. The largest absolute Gasteiger partial charge is 0.378 e. The van der Waals surface area contributed by atoms with Crippen molar-refractivity contribution in [1.82, 2.24) is 5.32 Å². The van der Waals surface area contributed by atoms with Gasteiger partial charge in [0.05, 0.1) is 6.10 Å². The van der Waals surface area contributed by atoms with Gasteiger partial charge in [0.1, 0.15) is 0 Å². The van der Waals surface area contributed by atoms with Gasteiger partial charge in [-0.25, -0.2) is 0 Å². The van der Waals surface area contributed by atoms with Crippen molar-refractivity contribution in [2.75, 3.05) is 13.2 Å². The molecule has 0 aliphatic heterocycles. The summed E-state index contributed by atoms with van der Waals surface area (Å²) in [7, 11) is 0. The molecule has 0 bridgehead atoms. The predicted octanol–water partition coefficient (Wildman–Crippen LogP) is 4.30. The summed E-state index contributed by atoms with van der Waals surface area (Å²) >= 11 is 0. The van der Waals surface area contributed by atoms with Gasteiger partial charge < -0.3 is 10.1 Å². The van der Waals surface area contributed by atoms with Crippen molar-refractivity contribution in [1.29, 1.82) is 0 Å². The maximum atomic E-state index is 11.7. The summed E-state index contributed by atoms with van der Waals surface area (Å²) in [6.45, 7) is 8.28. The Morgan fingerprint density at radius 3 is 2.67 bits per heavy atom. The zero-order valence-electron chi connectivity index (χ0n) is 14.3. The van der Waals surface area contributed by atoms with Crippen LogP contribution < -0.4 is 5.32 Å². The first kappa shape index (κ1) is 18.5. The van der Waals surface area contributed by atoms with Crippen LogP contribution in [0.1, 0.15) is 78.6 Å². The number of unbranched alkanes of at least 4 members (excludes halogenated alkanes) is 1. The molecule has 0 saturated heterocycles. The maximum absolute atomic E-state index is 11.7. The van der Waals surface area contributed by atoms with E-state index in [-0.39, 0.29) is 5.91 Å². The molecule has 3 nitrogen and oxygen atoms in total. The summed E-state index contributed by atoms with van der Waals surface area (Å²) in [4.78, 5) is 11.7. The van der Waals surface area contributed by atoms with E-state index >= 15 is 0 Å². The molecule has 0 spiro atoms. The maximum Gasteiger partial charge on any atom is 0.219 e. The molecular weight excluding hydrogens is 262 g/mol. The third-order valence-electron chi connectivity index (χ3n) is 4.80. The molecule has 0 heterocycles. The van der Waals surface area contributed by atoms with Gasteiger partial charge in [0.2, 0.25) is 5.91 Å². The average molecular weight is 297 g/mol. The smallest absolute Gasteiger partial charge is 0.219 e. The van der Waals surface area contributed by atoms with Crippen molar-refractivity contribution in [3.05, 3.63) is 0 Å². The van der Waals surface area contributed by atoms with Gasteiger partial charge in [0.25, 0.3) is 0 Å². The number of carbonyl (C=O) groups is 1. The molecule has 21 heavy (non-hydrogen) atoms. The van der Waals surface area contributed by atoms with Gasteiger partial charge in [-0.15, -0.1) is 0 Å². The molecule has 1 fully saturated rings. The van der Waals surface area contributed by atoms with Crippen LogP contribution in [0.3, 0.4) is 0 Å². The number of carbonyl (C=O) groups excluding carboxylic acids is 1. The van der Waals surface area contributed by atoms with Gasteiger partial charge >= 0.3 is 0 Å². The fourth-order valence-corrected chi connectivity index (χ4v) is 2.74. The van der Waals surface area contributed by atoms with E-state index < -0.39 is 0 Å². The zero-order valence-corrected chi connectivity index (χ0v) is 14.3. The highest BCUT2D eigenvalue weighted by Gasteiger charge is 2.17.